The third-order valence-corrected chi connectivity index (χ3v) is 6.87. The van der Waals surface area contributed by atoms with Gasteiger partial charge < -0.3 is 15.1 Å². The molecule has 3 aromatic rings. The van der Waals surface area contributed by atoms with E-state index in [-0.39, 0.29) is 24.7 Å². The van der Waals surface area contributed by atoms with Gasteiger partial charge in [-0.15, -0.1) is 0 Å². The quantitative estimate of drug-likeness (QED) is 0.544. The molecule has 2 heterocycles. The van der Waals surface area contributed by atoms with Crippen LogP contribution >= 0.6 is 0 Å². The van der Waals surface area contributed by atoms with Gasteiger partial charge in [-0.25, -0.2) is 9.18 Å². The van der Waals surface area contributed by atoms with Crippen molar-refractivity contribution in [2.24, 2.45) is 0 Å². The van der Waals surface area contributed by atoms with Crippen LogP contribution < -0.4 is 10.2 Å². The summed E-state index contributed by atoms with van der Waals surface area (Å²) in [7, 11) is 0. The van der Waals surface area contributed by atoms with E-state index in [4.69, 9.17) is 0 Å². The number of nitrogens with one attached hydrogen (secondary N) is 1. The minimum absolute atomic E-state index is 0.277. The third kappa shape index (κ3) is 4.54. The van der Waals surface area contributed by atoms with Crippen LogP contribution in [0.5, 0.6) is 0 Å². The molecule has 2 aliphatic rings. The smallest absolute Gasteiger partial charge is 0.325 e. The molecular formula is C28H27FN4O3. The van der Waals surface area contributed by atoms with E-state index in [1.54, 1.807) is 17.0 Å². The maximum atomic E-state index is 13.8. The number of carbonyl (C=O) groups is 3. The van der Waals surface area contributed by atoms with Crippen LogP contribution in [0.15, 0.2) is 84.9 Å². The monoisotopic (exact) mass is 486 g/mol. The van der Waals surface area contributed by atoms with Crippen LogP contribution in [0.3, 0.4) is 0 Å². The number of amides is 4. The van der Waals surface area contributed by atoms with Crippen molar-refractivity contribution < 1.29 is 18.8 Å². The van der Waals surface area contributed by atoms with E-state index in [1.165, 1.54) is 12.1 Å². The molecule has 2 fully saturated rings. The lowest BCUT2D eigenvalue weighted by Gasteiger charge is -2.36. The van der Waals surface area contributed by atoms with Crippen molar-refractivity contribution in [1.29, 1.82) is 0 Å². The number of imide groups is 1. The summed E-state index contributed by atoms with van der Waals surface area (Å²) >= 11 is 0. The van der Waals surface area contributed by atoms with Crippen LogP contribution in [-0.4, -0.2) is 60.4 Å². The molecule has 0 aromatic heterocycles. The topological polar surface area (TPSA) is 73.0 Å². The Balaban J connectivity index is 1.30. The van der Waals surface area contributed by atoms with Gasteiger partial charge in [0, 0.05) is 38.3 Å². The predicted molar refractivity (Wildman–Crippen MR) is 134 cm³/mol. The Morgan fingerprint density at radius 3 is 2.08 bits per heavy atom. The summed E-state index contributed by atoms with van der Waals surface area (Å²) in [5, 5.41) is 2.90. The molecule has 2 aliphatic heterocycles. The largest absolute Gasteiger partial charge is 0.368 e. The highest BCUT2D eigenvalue weighted by molar-refractivity contribution is 6.09. The van der Waals surface area contributed by atoms with Gasteiger partial charge in [0.2, 0.25) is 5.91 Å². The number of hydrogen-bond donors (Lipinski definition) is 1. The Morgan fingerprint density at radius 1 is 0.833 bits per heavy atom. The number of anilines is 1. The molecule has 8 heteroatoms. The van der Waals surface area contributed by atoms with Gasteiger partial charge in [0.05, 0.1) is 0 Å². The van der Waals surface area contributed by atoms with E-state index in [0.717, 1.165) is 16.2 Å². The van der Waals surface area contributed by atoms with Crippen molar-refractivity contribution in [3.63, 3.8) is 0 Å². The summed E-state index contributed by atoms with van der Waals surface area (Å²) in [5.74, 6) is -0.998. The van der Waals surface area contributed by atoms with Crippen molar-refractivity contribution >= 4 is 23.5 Å². The number of piperazine rings is 1. The van der Waals surface area contributed by atoms with Gasteiger partial charge in [0.1, 0.15) is 12.4 Å². The first-order chi connectivity index (χ1) is 17.5. The summed E-state index contributed by atoms with van der Waals surface area (Å²) in [6.07, 6.45) is 0.281. The maximum absolute atomic E-state index is 13.8. The molecule has 7 nitrogen and oxygen atoms in total. The second-order valence-corrected chi connectivity index (χ2v) is 9.10. The summed E-state index contributed by atoms with van der Waals surface area (Å²) in [5.41, 5.74) is 1.20. The molecular weight excluding hydrogens is 459 g/mol. The molecule has 0 radical (unpaired) electrons. The number of halogens is 1. The molecule has 1 N–H and O–H groups in total. The van der Waals surface area contributed by atoms with Crippen molar-refractivity contribution in [2.75, 3.05) is 37.6 Å². The number of rotatable bonds is 6. The lowest BCUT2D eigenvalue weighted by molar-refractivity contribution is -0.139. The molecule has 5 rings (SSSR count). The van der Waals surface area contributed by atoms with Gasteiger partial charge in [-0.1, -0.05) is 60.7 Å². The van der Waals surface area contributed by atoms with Crippen molar-refractivity contribution in [2.45, 2.75) is 12.0 Å². The van der Waals surface area contributed by atoms with Crippen molar-refractivity contribution in [1.82, 2.24) is 15.1 Å². The third-order valence-electron chi connectivity index (χ3n) is 6.87. The highest BCUT2D eigenvalue weighted by Crippen LogP contribution is 2.33. The van der Waals surface area contributed by atoms with E-state index >= 15 is 0 Å². The standard InChI is InChI=1S/C28H27FN4O3/c29-23-11-13-24(14-12-23)31-15-17-32(18-16-31)25(34)20-33-26(35)28(30-27(33)36,22-9-5-2-6-10-22)19-21-7-3-1-4-8-21/h1-14H,15-20H2,(H,30,36). The fourth-order valence-corrected chi connectivity index (χ4v) is 4.91. The summed E-state index contributed by atoms with van der Waals surface area (Å²) < 4.78 is 13.2. The normalized spacial score (nSPS) is 20.0. The maximum Gasteiger partial charge on any atom is 0.325 e. The Labute approximate surface area is 209 Å². The number of benzene rings is 3. The van der Waals surface area contributed by atoms with Crippen LogP contribution in [0.25, 0.3) is 0 Å². The van der Waals surface area contributed by atoms with Gasteiger partial charge >= 0.3 is 6.03 Å². The molecule has 4 amide bonds. The zero-order chi connectivity index (χ0) is 25.1. The van der Waals surface area contributed by atoms with Gasteiger partial charge in [-0.05, 0) is 35.4 Å². The van der Waals surface area contributed by atoms with Crippen LogP contribution in [0.2, 0.25) is 0 Å². The first-order valence-electron chi connectivity index (χ1n) is 12.0. The summed E-state index contributed by atoms with van der Waals surface area (Å²) in [6, 6.07) is 24.4. The Bertz CT molecular complexity index is 1240. The summed E-state index contributed by atoms with van der Waals surface area (Å²) in [6.45, 7) is 1.75. The molecule has 1 unspecified atom stereocenters. The second kappa shape index (κ2) is 9.81. The van der Waals surface area contributed by atoms with Crippen LogP contribution in [0.4, 0.5) is 14.9 Å². The molecule has 0 aliphatic carbocycles. The lowest BCUT2D eigenvalue weighted by Crippen LogP contribution is -2.52. The zero-order valence-electron chi connectivity index (χ0n) is 19.8. The molecule has 2 saturated heterocycles. The Hall–Kier alpha value is -4.20. The van der Waals surface area contributed by atoms with E-state index in [9.17, 15) is 18.8 Å². The number of urea groups is 1. The SMILES string of the molecule is O=C(CN1C(=O)NC(Cc2ccccc2)(c2ccccc2)C1=O)N1CCN(c2ccc(F)cc2)CC1. The number of carbonyl (C=O) groups excluding carboxylic acids is 3. The average molecular weight is 487 g/mol. The van der Waals surface area contributed by atoms with Gasteiger partial charge in [-0.3, -0.25) is 14.5 Å². The van der Waals surface area contributed by atoms with E-state index in [1.807, 2.05) is 60.7 Å². The summed E-state index contributed by atoms with van der Waals surface area (Å²) in [4.78, 5) is 44.7. The predicted octanol–water partition coefficient (Wildman–Crippen LogP) is 3.16. The van der Waals surface area contributed by atoms with Crippen molar-refractivity contribution in [3.05, 3.63) is 102 Å². The molecule has 36 heavy (non-hydrogen) atoms. The molecule has 1 atom stereocenters. The van der Waals surface area contributed by atoms with Crippen LogP contribution in [0, 0.1) is 5.82 Å². The first-order valence-corrected chi connectivity index (χ1v) is 12.0. The molecule has 184 valence electrons. The minimum atomic E-state index is -1.28. The highest BCUT2D eigenvalue weighted by Gasteiger charge is 2.53. The van der Waals surface area contributed by atoms with E-state index in [0.29, 0.717) is 31.7 Å². The van der Waals surface area contributed by atoms with Gasteiger partial charge in [-0.2, -0.15) is 0 Å². The molecule has 3 aromatic carbocycles. The lowest BCUT2D eigenvalue weighted by atomic mass is 9.83. The first kappa shape index (κ1) is 23.5. The van der Waals surface area contributed by atoms with Crippen LogP contribution in [0.1, 0.15) is 11.1 Å². The van der Waals surface area contributed by atoms with Gasteiger partial charge in [0.15, 0.2) is 5.54 Å². The fraction of sp³-hybridized carbons (Fsp3) is 0.250. The average Bonchev–Trinajstić information content (AvgIpc) is 3.15. The van der Waals surface area contributed by atoms with E-state index < -0.39 is 17.5 Å². The number of hydrogen-bond acceptors (Lipinski definition) is 4. The molecule has 0 bridgehead atoms. The van der Waals surface area contributed by atoms with Crippen molar-refractivity contribution in [3.8, 4) is 0 Å². The second-order valence-electron chi connectivity index (χ2n) is 9.10. The number of nitrogens with zero attached hydrogens (tertiary/aromatic N) is 3. The van der Waals surface area contributed by atoms with Gasteiger partial charge in [0.25, 0.3) is 5.91 Å². The minimum Gasteiger partial charge on any atom is -0.368 e. The molecule has 0 spiro atoms. The molecule has 0 saturated carbocycles. The van der Waals surface area contributed by atoms with E-state index in [2.05, 4.69) is 10.2 Å². The fourth-order valence-electron chi connectivity index (χ4n) is 4.91. The zero-order valence-corrected chi connectivity index (χ0v) is 19.8. The Morgan fingerprint density at radius 2 is 1.44 bits per heavy atom. The van der Waals surface area contributed by atoms with Crippen LogP contribution in [-0.2, 0) is 21.5 Å². The Kier molecular flexibility index (Phi) is 6.41. The highest BCUT2D eigenvalue weighted by atomic mass is 19.1.